The lowest BCUT2D eigenvalue weighted by atomic mass is 10.1. The highest BCUT2D eigenvalue weighted by atomic mass is 35.5. The Hall–Kier alpha value is 0.210. The monoisotopic (exact) mass is 165 g/mol. The quantitative estimate of drug-likeness (QED) is 0.631. The molecule has 3 heteroatoms. The molecule has 1 N–H and O–H groups in total. The third kappa shape index (κ3) is 2.45. The van der Waals surface area contributed by atoms with Crippen molar-refractivity contribution in [1.82, 2.24) is 5.32 Å². The molecule has 1 saturated heterocycles. The normalized spacial score (nSPS) is 33.0. The topological polar surface area (TPSA) is 21.3 Å². The Bertz CT molecular complexity index is 89.7. The molecule has 0 aromatic heterocycles. The Morgan fingerprint density at radius 2 is 2.30 bits per heavy atom. The first kappa shape index (κ1) is 10.2. The highest BCUT2D eigenvalue weighted by molar-refractivity contribution is 5.85. The lowest BCUT2D eigenvalue weighted by molar-refractivity contribution is 0.00731. The summed E-state index contributed by atoms with van der Waals surface area (Å²) in [5.41, 5.74) is 0. The van der Waals surface area contributed by atoms with Gasteiger partial charge in [0.05, 0.1) is 12.7 Å². The second-order valence-corrected chi connectivity index (χ2v) is 2.54. The lowest BCUT2D eigenvalue weighted by Gasteiger charge is -2.29. The first-order chi connectivity index (χ1) is 4.34. The summed E-state index contributed by atoms with van der Waals surface area (Å²) in [4.78, 5) is 0. The van der Waals surface area contributed by atoms with E-state index in [4.69, 9.17) is 4.74 Å². The van der Waals surface area contributed by atoms with Gasteiger partial charge in [-0.1, -0.05) is 6.92 Å². The van der Waals surface area contributed by atoms with Crippen LogP contribution in [0.1, 0.15) is 20.3 Å². The van der Waals surface area contributed by atoms with Crippen LogP contribution in [0.25, 0.3) is 0 Å². The maximum Gasteiger partial charge on any atom is 0.0700 e. The van der Waals surface area contributed by atoms with Gasteiger partial charge in [-0.2, -0.15) is 0 Å². The minimum absolute atomic E-state index is 0. The number of morpholine rings is 1. The molecule has 0 aliphatic carbocycles. The molecule has 1 fully saturated rings. The molecule has 10 heavy (non-hydrogen) atoms. The molecule has 0 saturated carbocycles. The molecule has 0 bridgehead atoms. The van der Waals surface area contributed by atoms with Gasteiger partial charge in [0, 0.05) is 12.6 Å². The van der Waals surface area contributed by atoms with Gasteiger partial charge >= 0.3 is 0 Å². The Morgan fingerprint density at radius 3 is 2.70 bits per heavy atom. The van der Waals surface area contributed by atoms with Gasteiger partial charge in [-0.3, -0.25) is 0 Å². The molecule has 0 aromatic rings. The van der Waals surface area contributed by atoms with Gasteiger partial charge in [0.25, 0.3) is 0 Å². The van der Waals surface area contributed by atoms with Crippen molar-refractivity contribution in [2.24, 2.45) is 0 Å². The predicted octanol–water partition coefficient (Wildman–Crippen LogP) is 1.20. The van der Waals surface area contributed by atoms with Crippen molar-refractivity contribution in [2.45, 2.75) is 32.4 Å². The summed E-state index contributed by atoms with van der Waals surface area (Å²) < 4.78 is 5.42. The van der Waals surface area contributed by atoms with Gasteiger partial charge in [0.15, 0.2) is 0 Å². The third-order valence-electron chi connectivity index (χ3n) is 1.90. The maximum atomic E-state index is 5.42. The lowest BCUT2D eigenvalue weighted by Crippen LogP contribution is -2.46. The summed E-state index contributed by atoms with van der Waals surface area (Å²) in [6, 6.07) is 0.582. The molecule has 1 aliphatic heterocycles. The molecule has 0 aromatic carbocycles. The van der Waals surface area contributed by atoms with E-state index in [2.05, 4.69) is 19.2 Å². The van der Waals surface area contributed by atoms with E-state index in [1.165, 1.54) is 6.42 Å². The second-order valence-electron chi connectivity index (χ2n) is 2.54. The summed E-state index contributed by atoms with van der Waals surface area (Å²) in [5, 5.41) is 3.39. The van der Waals surface area contributed by atoms with E-state index in [1.54, 1.807) is 0 Å². The number of hydrogen-bond donors (Lipinski definition) is 1. The standard InChI is InChI=1S/C7H15NO.ClH/c1-3-7-6(2)9-5-4-8-7;/h6-8H,3-5H2,1-2H3;1H/t6-,7-;/m1./s1. The molecule has 1 rings (SSSR count). The SMILES string of the molecule is CC[C@H]1NCCO[C@@H]1C.Cl. The molecular weight excluding hydrogens is 150 g/mol. The van der Waals surface area contributed by atoms with Crippen molar-refractivity contribution in [1.29, 1.82) is 0 Å². The number of halogens is 1. The third-order valence-corrected chi connectivity index (χ3v) is 1.90. The molecule has 0 spiro atoms. The van der Waals surface area contributed by atoms with Crippen LogP contribution in [0.2, 0.25) is 0 Å². The molecule has 0 unspecified atom stereocenters. The van der Waals surface area contributed by atoms with Crippen LogP contribution in [0.5, 0.6) is 0 Å². The Labute approximate surface area is 68.7 Å². The van der Waals surface area contributed by atoms with E-state index < -0.39 is 0 Å². The molecule has 1 heterocycles. The average Bonchev–Trinajstić information content (AvgIpc) is 1.89. The summed E-state index contributed by atoms with van der Waals surface area (Å²) in [6.07, 6.45) is 1.57. The number of hydrogen-bond acceptors (Lipinski definition) is 2. The summed E-state index contributed by atoms with van der Waals surface area (Å²) >= 11 is 0. The van der Waals surface area contributed by atoms with E-state index in [1.807, 2.05) is 0 Å². The number of nitrogens with one attached hydrogen (secondary N) is 1. The average molecular weight is 166 g/mol. The summed E-state index contributed by atoms with van der Waals surface area (Å²) in [5.74, 6) is 0. The van der Waals surface area contributed by atoms with Gasteiger partial charge in [-0.05, 0) is 13.3 Å². The Balaban J connectivity index is 0.000000810. The zero-order chi connectivity index (χ0) is 6.69. The van der Waals surface area contributed by atoms with E-state index in [0.717, 1.165) is 13.2 Å². The van der Waals surface area contributed by atoms with E-state index in [-0.39, 0.29) is 12.4 Å². The van der Waals surface area contributed by atoms with Crippen LogP contribution in [0.15, 0.2) is 0 Å². The van der Waals surface area contributed by atoms with Gasteiger partial charge in [-0.25, -0.2) is 0 Å². The van der Waals surface area contributed by atoms with Crippen LogP contribution in [-0.2, 0) is 4.74 Å². The predicted molar refractivity (Wildman–Crippen MR) is 44.7 cm³/mol. The van der Waals surface area contributed by atoms with Gasteiger partial charge in [-0.15, -0.1) is 12.4 Å². The van der Waals surface area contributed by atoms with Crippen LogP contribution in [0.4, 0.5) is 0 Å². The van der Waals surface area contributed by atoms with E-state index in [9.17, 15) is 0 Å². The fraction of sp³-hybridized carbons (Fsp3) is 1.00. The van der Waals surface area contributed by atoms with Crippen LogP contribution < -0.4 is 5.32 Å². The van der Waals surface area contributed by atoms with Crippen LogP contribution in [0.3, 0.4) is 0 Å². The van der Waals surface area contributed by atoms with E-state index in [0.29, 0.717) is 12.1 Å². The Morgan fingerprint density at radius 1 is 1.60 bits per heavy atom. The zero-order valence-electron chi connectivity index (χ0n) is 6.59. The minimum Gasteiger partial charge on any atom is -0.376 e. The zero-order valence-corrected chi connectivity index (χ0v) is 7.41. The second kappa shape index (κ2) is 4.94. The van der Waals surface area contributed by atoms with Crippen molar-refractivity contribution in [2.75, 3.05) is 13.2 Å². The highest BCUT2D eigenvalue weighted by Crippen LogP contribution is 2.05. The summed E-state index contributed by atoms with van der Waals surface area (Å²) in [6.45, 7) is 6.20. The first-order valence-corrected chi connectivity index (χ1v) is 3.69. The smallest absolute Gasteiger partial charge is 0.0700 e. The minimum atomic E-state index is 0. The number of ether oxygens (including phenoxy) is 1. The summed E-state index contributed by atoms with van der Waals surface area (Å²) in [7, 11) is 0. The van der Waals surface area contributed by atoms with Gasteiger partial charge < -0.3 is 10.1 Å². The maximum absolute atomic E-state index is 5.42. The fourth-order valence-corrected chi connectivity index (χ4v) is 1.25. The largest absolute Gasteiger partial charge is 0.376 e. The van der Waals surface area contributed by atoms with Crippen LogP contribution in [-0.4, -0.2) is 25.3 Å². The van der Waals surface area contributed by atoms with Crippen molar-refractivity contribution in [3.8, 4) is 0 Å². The van der Waals surface area contributed by atoms with Crippen LogP contribution in [0, 0.1) is 0 Å². The first-order valence-electron chi connectivity index (χ1n) is 3.69. The van der Waals surface area contributed by atoms with Gasteiger partial charge in [0.1, 0.15) is 0 Å². The molecule has 62 valence electrons. The molecule has 2 atom stereocenters. The molecule has 2 nitrogen and oxygen atoms in total. The fourth-order valence-electron chi connectivity index (χ4n) is 1.25. The van der Waals surface area contributed by atoms with Crippen molar-refractivity contribution in [3.63, 3.8) is 0 Å². The van der Waals surface area contributed by atoms with Crippen molar-refractivity contribution < 1.29 is 4.74 Å². The van der Waals surface area contributed by atoms with E-state index >= 15 is 0 Å². The van der Waals surface area contributed by atoms with Crippen molar-refractivity contribution in [3.05, 3.63) is 0 Å². The van der Waals surface area contributed by atoms with Crippen LogP contribution >= 0.6 is 12.4 Å². The number of rotatable bonds is 1. The molecular formula is C7H16ClNO. The highest BCUT2D eigenvalue weighted by Gasteiger charge is 2.18. The van der Waals surface area contributed by atoms with Crippen molar-refractivity contribution >= 4 is 12.4 Å². The molecule has 0 amide bonds. The molecule has 1 aliphatic rings. The Kier molecular flexibility index (Phi) is 5.04. The van der Waals surface area contributed by atoms with Gasteiger partial charge in [0.2, 0.25) is 0 Å². The molecule has 0 radical (unpaired) electrons.